The van der Waals surface area contributed by atoms with Crippen molar-refractivity contribution >= 4 is 24.2 Å². The first kappa shape index (κ1) is 12.7. The number of rotatable bonds is 4. The SMILES string of the molecule is CC(C)(CS)COc1c(F)cccc1Cl. The van der Waals surface area contributed by atoms with Crippen molar-refractivity contribution < 1.29 is 9.13 Å². The molecule has 0 aliphatic carbocycles. The average Bonchev–Trinajstić information content (AvgIpc) is 2.17. The Morgan fingerprint density at radius 1 is 1.47 bits per heavy atom. The van der Waals surface area contributed by atoms with E-state index in [2.05, 4.69) is 12.6 Å². The van der Waals surface area contributed by atoms with E-state index in [9.17, 15) is 4.39 Å². The van der Waals surface area contributed by atoms with Crippen LogP contribution in [0.1, 0.15) is 13.8 Å². The lowest BCUT2D eigenvalue weighted by Gasteiger charge is -2.22. The van der Waals surface area contributed by atoms with Crippen LogP contribution in [-0.4, -0.2) is 12.4 Å². The maximum Gasteiger partial charge on any atom is 0.173 e. The number of halogens is 2. The first-order chi connectivity index (χ1) is 6.96. The summed E-state index contributed by atoms with van der Waals surface area (Å²) in [6, 6.07) is 4.48. The molecule has 1 nitrogen and oxygen atoms in total. The van der Waals surface area contributed by atoms with Crippen LogP contribution in [0.4, 0.5) is 4.39 Å². The quantitative estimate of drug-likeness (QED) is 0.798. The Hall–Kier alpha value is -0.410. The number of benzene rings is 1. The lowest BCUT2D eigenvalue weighted by Crippen LogP contribution is -2.23. The van der Waals surface area contributed by atoms with Crippen LogP contribution in [0, 0.1) is 11.2 Å². The summed E-state index contributed by atoms with van der Waals surface area (Å²) in [6.07, 6.45) is 0. The minimum atomic E-state index is -0.433. The molecule has 0 aromatic heterocycles. The fraction of sp³-hybridized carbons (Fsp3) is 0.455. The van der Waals surface area contributed by atoms with Crippen molar-refractivity contribution in [3.8, 4) is 5.75 Å². The van der Waals surface area contributed by atoms with Crippen molar-refractivity contribution in [2.24, 2.45) is 5.41 Å². The predicted octanol–water partition coefficient (Wildman–Crippen LogP) is 3.81. The smallest absolute Gasteiger partial charge is 0.173 e. The molecule has 0 bridgehead atoms. The normalized spacial score (nSPS) is 11.5. The largest absolute Gasteiger partial charge is 0.488 e. The van der Waals surface area contributed by atoms with Gasteiger partial charge in [-0.15, -0.1) is 0 Å². The van der Waals surface area contributed by atoms with E-state index in [4.69, 9.17) is 16.3 Å². The van der Waals surface area contributed by atoms with Gasteiger partial charge in [0.1, 0.15) is 0 Å². The minimum absolute atomic E-state index is 0.102. The van der Waals surface area contributed by atoms with Crippen LogP contribution in [0.3, 0.4) is 0 Å². The number of thiol groups is 1. The third-order valence-corrected chi connectivity index (χ3v) is 3.11. The topological polar surface area (TPSA) is 9.23 Å². The van der Waals surface area contributed by atoms with Gasteiger partial charge in [0, 0.05) is 5.41 Å². The van der Waals surface area contributed by atoms with Crippen molar-refractivity contribution in [3.05, 3.63) is 29.0 Å². The maximum atomic E-state index is 13.3. The van der Waals surface area contributed by atoms with Crippen LogP contribution in [0.2, 0.25) is 5.02 Å². The van der Waals surface area contributed by atoms with Gasteiger partial charge in [0.25, 0.3) is 0 Å². The van der Waals surface area contributed by atoms with Gasteiger partial charge in [-0.2, -0.15) is 12.6 Å². The van der Waals surface area contributed by atoms with E-state index < -0.39 is 5.82 Å². The molecule has 84 valence electrons. The fourth-order valence-electron chi connectivity index (χ4n) is 0.934. The molecule has 0 fully saturated rings. The van der Waals surface area contributed by atoms with Gasteiger partial charge in [0.15, 0.2) is 11.6 Å². The Bertz CT molecular complexity index is 321. The summed E-state index contributed by atoms with van der Waals surface area (Å²) < 4.78 is 18.7. The van der Waals surface area contributed by atoms with Crippen molar-refractivity contribution in [3.63, 3.8) is 0 Å². The van der Waals surface area contributed by atoms with Gasteiger partial charge >= 0.3 is 0 Å². The van der Waals surface area contributed by atoms with E-state index in [-0.39, 0.29) is 11.2 Å². The van der Waals surface area contributed by atoms with Gasteiger partial charge < -0.3 is 4.74 Å². The molecule has 0 aliphatic rings. The van der Waals surface area contributed by atoms with Gasteiger partial charge in [-0.25, -0.2) is 4.39 Å². The first-order valence-corrected chi connectivity index (χ1v) is 5.65. The van der Waals surface area contributed by atoms with E-state index in [0.717, 1.165) is 0 Å². The Morgan fingerprint density at radius 3 is 2.67 bits per heavy atom. The molecule has 0 N–H and O–H groups in total. The van der Waals surface area contributed by atoms with Crippen molar-refractivity contribution in [2.45, 2.75) is 13.8 Å². The Kier molecular flexibility index (Phi) is 4.29. The average molecular weight is 249 g/mol. The van der Waals surface area contributed by atoms with Gasteiger partial charge in [-0.1, -0.05) is 31.5 Å². The molecule has 1 rings (SSSR count). The Balaban J connectivity index is 2.73. The third kappa shape index (κ3) is 3.58. The zero-order valence-electron chi connectivity index (χ0n) is 8.76. The van der Waals surface area contributed by atoms with Crippen LogP contribution >= 0.6 is 24.2 Å². The molecule has 15 heavy (non-hydrogen) atoms. The van der Waals surface area contributed by atoms with Gasteiger partial charge in [-0.3, -0.25) is 0 Å². The summed E-state index contributed by atoms with van der Waals surface area (Å²) in [5.74, 6) is 0.352. The standard InChI is InChI=1S/C11H14ClFOS/c1-11(2,7-15)6-14-10-8(12)4-3-5-9(10)13/h3-5,15H,6-7H2,1-2H3. The van der Waals surface area contributed by atoms with Gasteiger partial charge in [-0.05, 0) is 17.9 Å². The molecule has 0 spiro atoms. The molecule has 1 aromatic rings. The van der Waals surface area contributed by atoms with E-state index in [1.807, 2.05) is 13.8 Å². The second-order valence-corrected chi connectivity index (χ2v) is 4.89. The highest BCUT2D eigenvalue weighted by Gasteiger charge is 2.18. The lowest BCUT2D eigenvalue weighted by molar-refractivity contribution is 0.195. The van der Waals surface area contributed by atoms with Crippen LogP contribution in [0.25, 0.3) is 0 Å². The summed E-state index contributed by atoms with van der Waals surface area (Å²) in [6.45, 7) is 4.38. The van der Waals surface area contributed by atoms with Crippen molar-refractivity contribution in [1.29, 1.82) is 0 Å². The zero-order valence-corrected chi connectivity index (χ0v) is 10.4. The molecule has 0 saturated heterocycles. The molecule has 0 atom stereocenters. The third-order valence-electron chi connectivity index (χ3n) is 1.95. The summed E-state index contributed by atoms with van der Waals surface area (Å²) in [5, 5.41) is 0.296. The fourth-order valence-corrected chi connectivity index (χ4v) is 1.24. The Morgan fingerprint density at radius 2 is 2.13 bits per heavy atom. The van der Waals surface area contributed by atoms with Crippen LogP contribution in [-0.2, 0) is 0 Å². The first-order valence-electron chi connectivity index (χ1n) is 4.64. The summed E-state index contributed by atoms with van der Waals surface area (Å²) >= 11 is 10.0. The number of ether oxygens (including phenoxy) is 1. The molecule has 4 heteroatoms. The second-order valence-electron chi connectivity index (χ2n) is 4.16. The molecular formula is C11H14ClFOS. The number of para-hydroxylation sites is 1. The number of hydrogen-bond donors (Lipinski definition) is 1. The molecule has 1 aromatic carbocycles. The molecule has 0 aliphatic heterocycles. The van der Waals surface area contributed by atoms with E-state index in [1.54, 1.807) is 12.1 Å². The van der Waals surface area contributed by atoms with E-state index in [0.29, 0.717) is 17.4 Å². The molecule has 0 saturated carbocycles. The highest BCUT2D eigenvalue weighted by atomic mass is 35.5. The predicted molar refractivity (Wildman–Crippen MR) is 64.5 cm³/mol. The van der Waals surface area contributed by atoms with Crippen molar-refractivity contribution in [1.82, 2.24) is 0 Å². The zero-order chi connectivity index (χ0) is 11.5. The molecule has 0 unspecified atom stereocenters. The van der Waals surface area contributed by atoms with E-state index in [1.165, 1.54) is 6.07 Å². The lowest BCUT2D eigenvalue weighted by atomic mass is 9.98. The van der Waals surface area contributed by atoms with Gasteiger partial charge in [0.05, 0.1) is 11.6 Å². The molecule has 0 amide bonds. The number of hydrogen-bond acceptors (Lipinski definition) is 2. The molecule has 0 heterocycles. The van der Waals surface area contributed by atoms with Crippen LogP contribution in [0.15, 0.2) is 18.2 Å². The summed E-state index contributed by atoms with van der Waals surface area (Å²) in [5.41, 5.74) is -0.102. The minimum Gasteiger partial charge on any atom is -0.488 e. The highest BCUT2D eigenvalue weighted by Crippen LogP contribution is 2.29. The van der Waals surface area contributed by atoms with Gasteiger partial charge in [0.2, 0.25) is 0 Å². The van der Waals surface area contributed by atoms with Crippen LogP contribution < -0.4 is 4.74 Å². The van der Waals surface area contributed by atoms with Crippen LogP contribution in [0.5, 0.6) is 5.75 Å². The van der Waals surface area contributed by atoms with Crippen molar-refractivity contribution in [2.75, 3.05) is 12.4 Å². The summed E-state index contributed by atoms with van der Waals surface area (Å²) in [4.78, 5) is 0. The monoisotopic (exact) mass is 248 g/mol. The molecule has 0 radical (unpaired) electrons. The van der Waals surface area contributed by atoms with E-state index >= 15 is 0 Å². The second kappa shape index (κ2) is 5.08. The highest BCUT2D eigenvalue weighted by molar-refractivity contribution is 7.80. The molecular weight excluding hydrogens is 235 g/mol. The maximum absolute atomic E-state index is 13.3. The summed E-state index contributed by atoms with van der Waals surface area (Å²) in [7, 11) is 0. The Labute approximate surface area is 100.0 Å².